The number of rotatable bonds is 7. The molecule has 6 nitrogen and oxygen atoms in total. The maximum absolute atomic E-state index is 12.3. The maximum atomic E-state index is 12.3. The average molecular weight is 383 g/mol. The molecule has 0 aliphatic carbocycles. The first-order valence-electron chi connectivity index (χ1n) is 7.74. The van der Waals surface area contributed by atoms with Crippen LogP contribution < -0.4 is 9.47 Å². The van der Waals surface area contributed by atoms with Crippen molar-refractivity contribution in [2.24, 2.45) is 0 Å². The molecule has 0 spiro atoms. The van der Waals surface area contributed by atoms with Crippen LogP contribution in [0, 0.1) is 0 Å². The number of carbonyl (C=O) groups excluding carboxylic acids is 2. The molecule has 0 fully saturated rings. The van der Waals surface area contributed by atoms with Gasteiger partial charge in [0.05, 0.1) is 12.7 Å². The van der Waals surface area contributed by atoms with Crippen LogP contribution in [0.5, 0.6) is 11.6 Å². The van der Waals surface area contributed by atoms with Crippen LogP contribution in [0.15, 0.2) is 42.6 Å². The third-order valence-electron chi connectivity index (χ3n) is 3.38. The molecule has 2 rings (SSSR count). The third-order valence-corrected chi connectivity index (χ3v) is 3.38. The lowest BCUT2D eigenvalue weighted by molar-refractivity contribution is -0.154. The molecule has 2 aromatic rings. The summed E-state index contributed by atoms with van der Waals surface area (Å²) in [5, 5.41) is 0. The molecule has 1 aromatic heterocycles. The van der Waals surface area contributed by atoms with Gasteiger partial charge in [0.25, 0.3) is 0 Å². The smallest absolute Gasteiger partial charge is 0.422 e. The van der Waals surface area contributed by atoms with Gasteiger partial charge < -0.3 is 14.2 Å². The van der Waals surface area contributed by atoms with Crippen molar-refractivity contribution in [2.45, 2.75) is 19.2 Å². The molecule has 0 amide bonds. The number of methoxy groups -OCH3 is 1. The lowest BCUT2D eigenvalue weighted by atomic mass is 10.1. The van der Waals surface area contributed by atoms with Crippen LogP contribution in [0.25, 0.3) is 0 Å². The molecule has 1 atom stereocenters. The predicted octanol–water partition coefficient (Wildman–Crippen LogP) is 3.46. The molecule has 0 N–H and O–H groups in total. The number of Topliss-reactive ketones (excluding diaryl/α,β-unsaturated/α-hetero) is 1. The fourth-order valence-electron chi connectivity index (χ4n) is 2.01. The lowest BCUT2D eigenvalue weighted by Crippen LogP contribution is -2.24. The van der Waals surface area contributed by atoms with E-state index in [2.05, 4.69) is 9.72 Å². The predicted molar refractivity (Wildman–Crippen MR) is 88.0 cm³/mol. The number of alkyl halides is 3. The first-order chi connectivity index (χ1) is 12.7. The van der Waals surface area contributed by atoms with Gasteiger partial charge in [0.2, 0.25) is 11.7 Å². The molecule has 1 aromatic carbocycles. The number of halogens is 3. The Balaban J connectivity index is 1.95. The number of nitrogens with zero attached hydrogens (tertiary/aromatic N) is 1. The Morgan fingerprint density at radius 2 is 1.70 bits per heavy atom. The van der Waals surface area contributed by atoms with Crippen LogP contribution in [0.4, 0.5) is 13.2 Å². The second-order valence-corrected chi connectivity index (χ2v) is 5.43. The number of ketones is 1. The highest BCUT2D eigenvalue weighted by Crippen LogP contribution is 2.18. The average Bonchev–Trinajstić information content (AvgIpc) is 2.65. The Labute approximate surface area is 152 Å². The number of hydrogen-bond acceptors (Lipinski definition) is 6. The van der Waals surface area contributed by atoms with Gasteiger partial charge in [-0.2, -0.15) is 13.2 Å². The fourth-order valence-corrected chi connectivity index (χ4v) is 2.01. The molecule has 0 radical (unpaired) electrons. The molecular formula is C18H16F3NO5. The summed E-state index contributed by atoms with van der Waals surface area (Å²) >= 11 is 0. The lowest BCUT2D eigenvalue weighted by Gasteiger charge is -2.13. The summed E-state index contributed by atoms with van der Waals surface area (Å²) in [6.07, 6.45) is -4.54. The molecule has 0 aliphatic rings. The summed E-state index contributed by atoms with van der Waals surface area (Å²) in [5.74, 6) is -0.954. The summed E-state index contributed by atoms with van der Waals surface area (Å²) in [5.41, 5.74) is 0.314. The molecule has 1 heterocycles. The fraction of sp³-hybridized carbons (Fsp3) is 0.278. The van der Waals surface area contributed by atoms with Crippen LogP contribution in [-0.4, -0.2) is 42.7 Å². The normalized spacial score (nSPS) is 12.2. The van der Waals surface area contributed by atoms with Gasteiger partial charge >= 0.3 is 12.1 Å². The number of hydrogen-bond donors (Lipinski definition) is 0. The number of aromatic nitrogens is 1. The zero-order chi connectivity index (χ0) is 20.0. The monoisotopic (exact) mass is 383 g/mol. The standard InChI is InChI=1S/C18H16F3NO5/c1-11(16(23)12-3-6-14(25-2)7-4-12)27-17(24)13-5-8-15(22-9-13)26-10-18(19,20)21/h3-9,11H,10H2,1-2H3. The van der Waals surface area contributed by atoms with Gasteiger partial charge in [-0.25, -0.2) is 9.78 Å². The molecule has 1 unspecified atom stereocenters. The Hall–Kier alpha value is -3.10. The molecule has 0 saturated heterocycles. The Morgan fingerprint density at radius 3 is 2.22 bits per heavy atom. The highest BCUT2D eigenvalue weighted by atomic mass is 19.4. The minimum atomic E-state index is -4.49. The maximum Gasteiger partial charge on any atom is 0.422 e. The van der Waals surface area contributed by atoms with Crippen LogP contribution in [0.2, 0.25) is 0 Å². The van der Waals surface area contributed by atoms with Gasteiger partial charge in [0.1, 0.15) is 5.75 Å². The highest BCUT2D eigenvalue weighted by Gasteiger charge is 2.28. The van der Waals surface area contributed by atoms with Gasteiger partial charge in [-0.05, 0) is 37.3 Å². The van der Waals surface area contributed by atoms with E-state index in [9.17, 15) is 22.8 Å². The van der Waals surface area contributed by atoms with Gasteiger partial charge in [-0.15, -0.1) is 0 Å². The molecule has 27 heavy (non-hydrogen) atoms. The van der Waals surface area contributed by atoms with Crippen molar-refractivity contribution in [3.63, 3.8) is 0 Å². The zero-order valence-electron chi connectivity index (χ0n) is 14.4. The number of ether oxygens (including phenoxy) is 3. The largest absolute Gasteiger partial charge is 0.497 e. The summed E-state index contributed by atoms with van der Waals surface area (Å²) < 4.78 is 50.8. The van der Waals surface area contributed by atoms with E-state index in [1.54, 1.807) is 24.3 Å². The van der Waals surface area contributed by atoms with Crippen LogP contribution in [0.3, 0.4) is 0 Å². The van der Waals surface area contributed by atoms with E-state index >= 15 is 0 Å². The summed E-state index contributed by atoms with van der Waals surface area (Å²) in [6.45, 7) is -0.0735. The van der Waals surface area contributed by atoms with E-state index in [0.717, 1.165) is 12.3 Å². The van der Waals surface area contributed by atoms with E-state index in [0.29, 0.717) is 11.3 Å². The molecule has 144 valence electrons. The van der Waals surface area contributed by atoms with Crippen molar-refractivity contribution in [3.8, 4) is 11.6 Å². The topological polar surface area (TPSA) is 74.7 Å². The number of carbonyl (C=O) groups is 2. The number of pyridine rings is 1. The SMILES string of the molecule is COc1ccc(C(=O)C(C)OC(=O)c2ccc(OCC(F)(F)F)nc2)cc1. The van der Waals surface area contributed by atoms with E-state index in [-0.39, 0.29) is 11.4 Å². The summed E-state index contributed by atoms with van der Waals surface area (Å²) in [7, 11) is 1.49. The van der Waals surface area contributed by atoms with Crippen LogP contribution in [0.1, 0.15) is 27.6 Å². The molecule has 0 saturated carbocycles. The Kier molecular flexibility index (Phi) is 6.38. The van der Waals surface area contributed by atoms with Gasteiger partial charge in [-0.1, -0.05) is 0 Å². The van der Waals surface area contributed by atoms with E-state index in [1.807, 2.05) is 0 Å². The van der Waals surface area contributed by atoms with Gasteiger partial charge in [0.15, 0.2) is 12.7 Å². The van der Waals surface area contributed by atoms with Crippen LogP contribution in [-0.2, 0) is 4.74 Å². The molecule has 0 aliphatic heterocycles. The molecular weight excluding hydrogens is 367 g/mol. The number of esters is 1. The van der Waals surface area contributed by atoms with Crippen molar-refractivity contribution in [1.29, 1.82) is 0 Å². The van der Waals surface area contributed by atoms with Crippen LogP contribution >= 0.6 is 0 Å². The first-order valence-corrected chi connectivity index (χ1v) is 7.74. The van der Waals surface area contributed by atoms with Crippen molar-refractivity contribution < 1.29 is 37.0 Å². The van der Waals surface area contributed by atoms with E-state index in [4.69, 9.17) is 9.47 Å². The second kappa shape index (κ2) is 8.52. The highest BCUT2D eigenvalue weighted by molar-refractivity contribution is 6.01. The second-order valence-electron chi connectivity index (χ2n) is 5.43. The zero-order valence-corrected chi connectivity index (χ0v) is 14.4. The van der Waals surface area contributed by atoms with Crippen molar-refractivity contribution >= 4 is 11.8 Å². The van der Waals surface area contributed by atoms with Gasteiger partial charge in [-0.3, -0.25) is 4.79 Å². The number of benzene rings is 1. The van der Waals surface area contributed by atoms with Crippen molar-refractivity contribution in [2.75, 3.05) is 13.7 Å². The Bertz CT molecular complexity index is 788. The van der Waals surface area contributed by atoms with Gasteiger partial charge in [0, 0.05) is 17.8 Å². The first kappa shape index (κ1) is 20.2. The quantitative estimate of drug-likeness (QED) is 0.539. The van der Waals surface area contributed by atoms with E-state index < -0.39 is 30.6 Å². The summed E-state index contributed by atoms with van der Waals surface area (Å²) in [4.78, 5) is 28.0. The van der Waals surface area contributed by atoms with Crippen molar-refractivity contribution in [1.82, 2.24) is 4.98 Å². The van der Waals surface area contributed by atoms with E-state index in [1.165, 1.54) is 20.1 Å². The Morgan fingerprint density at radius 1 is 1.07 bits per heavy atom. The minimum Gasteiger partial charge on any atom is -0.497 e. The van der Waals surface area contributed by atoms with Crippen molar-refractivity contribution in [3.05, 3.63) is 53.7 Å². The molecule has 9 heteroatoms. The summed E-state index contributed by atoms with van der Waals surface area (Å²) in [6, 6.07) is 8.60. The molecule has 0 bridgehead atoms. The third kappa shape index (κ3) is 5.98. The minimum absolute atomic E-state index is 0.0243.